The molecular formula is C25H34ClF3N8S. The van der Waals surface area contributed by atoms with E-state index in [1.54, 1.807) is 0 Å². The minimum atomic E-state index is -4.53. The first-order valence-electron chi connectivity index (χ1n) is 12.9. The lowest BCUT2D eigenvalue weighted by Gasteiger charge is -2.22. The number of aromatic nitrogens is 2. The van der Waals surface area contributed by atoms with E-state index in [2.05, 4.69) is 30.7 Å². The Morgan fingerprint density at radius 2 is 1.66 bits per heavy atom. The fourth-order valence-corrected chi connectivity index (χ4v) is 4.97. The van der Waals surface area contributed by atoms with E-state index in [0.29, 0.717) is 19.6 Å². The third-order valence-electron chi connectivity index (χ3n) is 6.63. The first-order valence-corrected chi connectivity index (χ1v) is 13.7. The summed E-state index contributed by atoms with van der Waals surface area (Å²) in [6.45, 7) is 6.77. The number of likely N-dealkylation sites (N-methyl/N-ethyl adjacent to an activating group) is 1. The van der Waals surface area contributed by atoms with Crippen molar-refractivity contribution in [2.75, 3.05) is 79.8 Å². The Kier molecular flexibility index (Phi) is 9.72. The molecule has 38 heavy (non-hydrogen) atoms. The SMILES string of the molecule is CN(CCNC(=S)Nc1ccc(Cl)c(C(F)(F)F)c1)CCNc1cc(N2CCCC2)nc(N2CCCC2)n1. The van der Waals surface area contributed by atoms with Crippen LogP contribution in [-0.2, 0) is 6.18 Å². The molecular weight excluding hydrogens is 537 g/mol. The molecule has 8 nitrogen and oxygen atoms in total. The highest BCUT2D eigenvalue weighted by Crippen LogP contribution is 2.36. The summed E-state index contributed by atoms with van der Waals surface area (Å²) in [5.41, 5.74) is -0.675. The Balaban J connectivity index is 1.22. The fourth-order valence-electron chi connectivity index (χ4n) is 4.52. The van der Waals surface area contributed by atoms with Crippen LogP contribution in [0.4, 0.5) is 36.4 Å². The van der Waals surface area contributed by atoms with E-state index < -0.39 is 11.7 Å². The second-order valence-electron chi connectivity index (χ2n) is 9.60. The molecule has 3 heterocycles. The van der Waals surface area contributed by atoms with E-state index in [1.807, 2.05) is 13.1 Å². The predicted molar refractivity (Wildman–Crippen MR) is 152 cm³/mol. The lowest BCUT2D eigenvalue weighted by atomic mass is 10.2. The van der Waals surface area contributed by atoms with Crippen LogP contribution in [0.5, 0.6) is 0 Å². The number of nitrogens with one attached hydrogen (secondary N) is 3. The standard InChI is InChI=1S/C25H34ClF3N8S/c1-35(15-9-31-24(38)32-18-6-7-20(26)19(16-18)25(27,28)29)14-8-30-21-17-22(36-10-2-3-11-36)34-23(33-21)37-12-4-5-13-37/h6-7,16-17H,2-5,8-15H2,1H3,(H,30,33,34)(H2,31,32,38). The minimum Gasteiger partial charge on any atom is -0.369 e. The maximum Gasteiger partial charge on any atom is 0.417 e. The van der Waals surface area contributed by atoms with Gasteiger partial charge in [-0.05, 0) is 63.1 Å². The van der Waals surface area contributed by atoms with Crippen LogP contribution in [0.1, 0.15) is 31.2 Å². The molecule has 0 aliphatic carbocycles. The summed E-state index contributed by atoms with van der Waals surface area (Å²) in [6, 6.07) is 5.65. The number of thiocarbonyl (C=S) groups is 1. The zero-order valence-corrected chi connectivity index (χ0v) is 23.0. The molecule has 0 amide bonds. The van der Waals surface area contributed by atoms with Crippen molar-refractivity contribution in [1.29, 1.82) is 0 Å². The zero-order valence-electron chi connectivity index (χ0n) is 21.5. The summed E-state index contributed by atoms with van der Waals surface area (Å²) in [5.74, 6) is 2.63. The Morgan fingerprint density at radius 1 is 1.00 bits per heavy atom. The van der Waals surface area contributed by atoms with Gasteiger partial charge in [0.15, 0.2) is 5.11 Å². The Labute approximate surface area is 231 Å². The molecule has 0 radical (unpaired) electrons. The largest absolute Gasteiger partial charge is 0.417 e. The first kappa shape index (κ1) is 28.4. The highest BCUT2D eigenvalue weighted by Gasteiger charge is 2.33. The number of anilines is 4. The van der Waals surface area contributed by atoms with Crippen LogP contribution in [0.15, 0.2) is 24.3 Å². The molecule has 2 fully saturated rings. The summed E-state index contributed by atoms with van der Waals surface area (Å²) >= 11 is 10.9. The predicted octanol–water partition coefficient (Wildman–Crippen LogP) is 4.68. The highest BCUT2D eigenvalue weighted by atomic mass is 35.5. The van der Waals surface area contributed by atoms with Gasteiger partial charge in [0.2, 0.25) is 5.95 Å². The second kappa shape index (κ2) is 13.0. The molecule has 13 heteroatoms. The van der Waals surface area contributed by atoms with Crippen molar-refractivity contribution in [2.24, 2.45) is 0 Å². The van der Waals surface area contributed by atoms with E-state index in [1.165, 1.54) is 37.8 Å². The van der Waals surface area contributed by atoms with Gasteiger partial charge >= 0.3 is 6.18 Å². The summed E-state index contributed by atoms with van der Waals surface area (Å²) < 4.78 is 39.2. The summed E-state index contributed by atoms with van der Waals surface area (Å²) in [5, 5.41) is 9.17. The summed E-state index contributed by atoms with van der Waals surface area (Å²) in [6.07, 6.45) is 0.200. The monoisotopic (exact) mass is 570 g/mol. The first-order chi connectivity index (χ1) is 18.2. The third-order valence-corrected chi connectivity index (χ3v) is 7.20. The van der Waals surface area contributed by atoms with E-state index in [-0.39, 0.29) is 15.8 Å². The molecule has 1 aromatic carbocycles. The van der Waals surface area contributed by atoms with Gasteiger partial charge in [0.05, 0.1) is 10.6 Å². The molecule has 4 rings (SSSR count). The fraction of sp³-hybridized carbons (Fsp3) is 0.560. The molecule has 0 saturated carbocycles. The molecule has 0 atom stereocenters. The lowest BCUT2D eigenvalue weighted by Crippen LogP contribution is -2.37. The number of hydrogen-bond acceptors (Lipinski definition) is 7. The number of nitrogens with zero attached hydrogens (tertiary/aromatic N) is 5. The molecule has 2 aliphatic heterocycles. The zero-order chi connectivity index (χ0) is 27.1. The van der Waals surface area contributed by atoms with Crippen LogP contribution in [0.25, 0.3) is 0 Å². The van der Waals surface area contributed by atoms with Gasteiger partial charge in [-0.2, -0.15) is 23.1 Å². The van der Waals surface area contributed by atoms with Crippen LogP contribution in [0.2, 0.25) is 5.02 Å². The average molecular weight is 571 g/mol. The van der Waals surface area contributed by atoms with E-state index >= 15 is 0 Å². The summed E-state index contributed by atoms with van der Waals surface area (Å²) in [4.78, 5) is 16.3. The maximum absolute atomic E-state index is 13.1. The second-order valence-corrected chi connectivity index (χ2v) is 10.4. The minimum absolute atomic E-state index is 0.225. The molecule has 2 aromatic rings. The molecule has 0 bridgehead atoms. The van der Waals surface area contributed by atoms with Crippen LogP contribution < -0.4 is 25.8 Å². The van der Waals surface area contributed by atoms with Crippen LogP contribution in [0.3, 0.4) is 0 Å². The van der Waals surface area contributed by atoms with Gasteiger partial charge in [0, 0.05) is 64.1 Å². The normalized spacial score (nSPS) is 15.8. The molecule has 0 spiro atoms. The third kappa shape index (κ3) is 7.97. The smallest absolute Gasteiger partial charge is 0.369 e. The van der Waals surface area contributed by atoms with Gasteiger partial charge in [0.25, 0.3) is 0 Å². The van der Waals surface area contributed by atoms with Gasteiger partial charge in [-0.15, -0.1) is 0 Å². The van der Waals surface area contributed by atoms with Crippen molar-refractivity contribution in [1.82, 2.24) is 20.2 Å². The van der Waals surface area contributed by atoms with E-state index in [9.17, 15) is 13.2 Å². The van der Waals surface area contributed by atoms with Gasteiger partial charge < -0.3 is 30.7 Å². The van der Waals surface area contributed by atoms with Crippen LogP contribution >= 0.6 is 23.8 Å². The Bertz CT molecular complexity index is 1060. The molecule has 0 unspecified atom stereocenters. The van der Waals surface area contributed by atoms with Crippen molar-refractivity contribution in [2.45, 2.75) is 31.9 Å². The number of alkyl halides is 3. The van der Waals surface area contributed by atoms with Gasteiger partial charge in [-0.1, -0.05) is 11.6 Å². The van der Waals surface area contributed by atoms with Crippen molar-refractivity contribution >= 4 is 52.2 Å². The Morgan fingerprint density at radius 3 is 2.34 bits per heavy atom. The van der Waals surface area contributed by atoms with Crippen molar-refractivity contribution in [3.05, 3.63) is 34.9 Å². The Hall–Kier alpha value is -2.57. The summed E-state index contributed by atoms with van der Waals surface area (Å²) in [7, 11) is 2.00. The van der Waals surface area contributed by atoms with Crippen molar-refractivity contribution < 1.29 is 13.2 Å². The number of benzene rings is 1. The van der Waals surface area contributed by atoms with E-state index in [0.717, 1.165) is 56.4 Å². The molecule has 2 saturated heterocycles. The number of rotatable bonds is 10. The van der Waals surface area contributed by atoms with Crippen molar-refractivity contribution in [3.63, 3.8) is 0 Å². The molecule has 2 aliphatic rings. The quantitative estimate of drug-likeness (QED) is 0.353. The van der Waals surface area contributed by atoms with Crippen molar-refractivity contribution in [3.8, 4) is 0 Å². The van der Waals surface area contributed by atoms with Gasteiger partial charge in [0.1, 0.15) is 11.6 Å². The van der Waals surface area contributed by atoms with Crippen LogP contribution in [-0.4, -0.2) is 79.4 Å². The average Bonchev–Trinajstić information content (AvgIpc) is 3.59. The van der Waals surface area contributed by atoms with Crippen LogP contribution in [0, 0.1) is 0 Å². The lowest BCUT2D eigenvalue weighted by molar-refractivity contribution is -0.137. The maximum atomic E-state index is 13.1. The number of hydrogen-bond donors (Lipinski definition) is 3. The molecule has 208 valence electrons. The van der Waals surface area contributed by atoms with Gasteiger partial charge in [-0.3, -0.25) is 0 Å². The highest BCUT2D eigenvalue weighted by molar-refractivity contribution is 7.80. The number of halogens is 4. The van der Waals surface area contributed by atoms with Gasteiger partial charge in [-0.25, -0.2) is 0 Å². The molecule has 1 aromatic heterocycles. The molecule has 3 N–H and O–H groups in total. The van der Waals surface area contributed by atoms with E-state index in [4.69, 9.17) is 33.8 Å². The topological polar surface area (TPSA) is 71.6 Å².